The summed E-state index contributed by atoms with van der Waals surface area (Å²) in [7, 11) is 0. The molecule has 1 rings (SSSR count). The maximum Gasteiger partial charge on any atom is 0.136 e. The molecule has 0 amide bonds. The van der Waals surface area contributed by atoms with Gasteiger partial charge in [0.2, 0.25) is 0 Å². The maximum absolute atomic E-state index is 11.3. The summed E-state index contributed by atoms with van der Waals surface area (Å²) < 4.78 is 0. The summed E-state index contributed by atoms with van der Waals surface area (Å²) in [5.41, 5.74) is 0. The molecular weight excluding hydrogens is 164 g/mol. The molecule has 1 saturated heterocycles. The highest BCUT2D eigenvalue weighted by Crippen LogP contribution is 2.01. The topological polar surface area (TPSA) is 32.3 Å². The van der Waals surface area contributed by atoms with E-state index in [-0.39, 0.29) is 5.92 Å². The first kappa shape index (κ1) is 10.7. The molecule has 76 valence electrons. The minimum absolute atomic E-state index is 0.197. The Balaban J connectivity index is 2.13. The van der Waals surface area contributed by atoms with Crippen LogP contribution in [-0.2, 0) is 4.79 Å². The molecule has 1 N–H and O–H groups in total. The van der Waals surface area contributed by atoms with E-state index < -0.39 is 0 Å². The first-order chi connectivity index (χ1) is 6.20. The van der Waals surface area contributed by atoms with E-state index in [1.807, 2.05) is 13.8 Å². The smallest absolute Gasteiger partial charge is 0.136 e. The summed E-state index contributed by atoms with van der Waals surface area (Å²) in [6, 6.07) is 0. The van der Waals surface area contributed by atoms with E-state index >= 15 is 0 Å². The van der Waals surface area contributed by atoms with Gasteiger partial charge >= 0.3 is 0 Å². The molecule has 0 radical (unpaired) electrons. The largest absolute Gasteiger partial charge is 0.314 e. The van der Waals surface area contributed by atoms with E-state index in [2.05, 4.69) is 10.2 Å². The number of piperazine rings is 1. The number of ketones is 1. The Labute approximate surface area is 80.5 Å². The second kappa shape index (κ2) is 5.35. The maximum atomic E-state index is 11.3. The molecule has 1 aliphatic heterocycles. The van der Waals surface area contributed by atoms with E-state index in [9.17, 15) is 4.79 Å². The summed E-state index contributed by atoms with van der Waals surface area (Å²) in [5.74, 6) is 0.585. The van der Waals surface area contributed by atoms with Crippen molar-refractivity contribution in [1.82, 2.24) is 10.2 Å². The molecule has 3 heteroatoms. The second-order valence-electron chi connectivity index (χ2n) is 3.96. The highest BCUT2D eigenvalue weighted by molar-refractivity contribution is 5.80. The molecule has 13 heavy (non-hydrogen) atoms. The van der Waals surface area contributed by atoms with Gasteiger partial charge in [-0.2, -0.15) is 0 Å². The third kappa shape index (κ3) is 3.87. The van der Waals surface area contributed by atoms with E-state index in [0.717, 1.165) is 39.1 Å². The number of hydrogen-bond acceptors (Lipinski definition) is 3. The van der Waals surface area contributed by atoms with E-state index in [1.165, 1.54) is 0 Å². The first-order valence-corrected chi connectivity index (χ1v) is 5.16. The Morgan fingerprint density at radius 1 is 1.38 bits per heavy atom. The first-order valence-electron chi connectivity index (χ1n) is 5.16. The van der Waals surface area contributed by atoms with Crippen LogP contribution < -0.4 is 5.32 Å². The lowest BCUT2D eigenvalue weighted by atomic mass is 10.1. The van der Waals surface area contributed by atoms with E-state index in [4.69, 9.17) is 0 Å². The SMILES string of the molecule is CC(C)C(=O)CCN1CCNCC1. The Morgan fingerprint density at radius 3 is 2.54 bits per heavy atom. The van der Waals surface area contributed by atoms with Crippen LogP contribution in [0.15, 0.2) is 0 Å². The average molecular weight is 184 g/mol. The highest BCUT2D eigenvalue weighted by Gasteiger charge is 2.12. The van der Waals surface area contributed by atoms with Crippen molar-refractivity contribution >= 4 is 5.78 Å². The van der Waals surface area contributed by atoms with Crippen molar-refractivity contribution in [3.05, 3.63) is 0 Å². The third-order valence-electron chi connectivity index (χ3n) is 2.53. The quantitative estimate of drug-likeness (QED) is 0.691. The fraction of sp³-hybridized carbons (Fsp3) is 0.900. The molecule has 3 nitrogen and oxygen atoms in total. The minimum Gasteiger partial charge on any atom is -0.314 e. The molecule has 1 fully saturated rings. The molecular formula is C10H20N2O. The average Bonchev–Trinajstić information content (AvgIpc) is 2.15. The summed E-state index contributed by atoms with van der Waals surface area (Å²) in [6.45, 7) is 9.20. The Bertz CT molecular complexity index is 162. The monoisotopic (exact) mass is 184 g/mol. The number of Topliss-reactive ketones (excluding diaryl/α,β-unsaturated/α-hetero) is 1. The molecule has 0 bridgehead atoms. The molecule has 0 aliphatic carbocycles. The second-order valence-corrected chi connectivity index (χ2v) is 3.96. The zero-order valence-electron chi connectivity index (χ0n) is 8.68. The molecule has 1 heterocycles. The fourth-order valence-corrected chi connectivity index (χ4v) is 1.49. The van der Waals surface area contributed by atoms with Crippen LogP contribution >= 0.6 is 0 Å². The van der Waals surface area contributed by atoms with Crippen molar-refractivity contribution < 1.29 is 4.79 Å². The summed E-state index contributed by atoms with van der Waals surface area (Å²) >= 11 is 0. The van der Waals surface area contributed by atoms with Gasteiger partial charge in [0.05, 0.1) is 0 Å². The zero-order chi connectivity index (χ0) is 9.68. The normalized spacial score (nSPS) is 19.3. The summed E-state index contributed by atoms with van der Waals surface area (Å²) in [5, 5.41) is 3.30. The molecule has 0 unspecified atom stereocenters. The Hall–Kier alpha value is -0.410. The van der Waals surface area contributed by atoms with Crippen LogP contribution in [0.3, 0.4) is 0 Å². The van der Waals surface area contributed by atoms with Crippen LogP contribution in [0, 0.1) is 5.92 Å². The van der Waals surface area contributed by atoms with Crippen molar-refractivity contribution in [2.24, 2.45) is 5.92 Å². The van der Waals surface area contributed by atoms with Crippen molar-refractivity contribution in [3.63, 3.8) is 0 Å². The molecule has 0 atom stereocenters. The highest BCUT2D eigenvalue weighted by atomic mass is 16.1. The van der Waals surface area contributed by atoms with Crippen molar-refractivity contribution in [2.75, 3.05) is 32.7 Å². The van der Waals surface area contributed by atoms with Crippen LogP contribution in [-0.4, -0.2) is 43.4 Å². The summed E-state index contributed by atoms with van der Waals surface area (Å²) in [6.07, 6.45) is 0.720. The molecule has 1 aliphatic rings. The van der Waals surface area contributed by atoms with Gasteiger partial charge in [-0.15, -0.1) is 0 Å². The summed E-state index contributed by atoms with van der Waals surface area (Å²) in [4.78, 5) is 13.7. The van der Waals surface area contributed by atoms with Crippen LogP contribution in [0.5, 0.6) is 0 Å². The van der Waals surface area contributed by atoms with Gasteiger partial charge in [0.25, 0.3) is 0 Å². The van der Waals surface area contributed by atoms with Gasteiger partial charge in [-0.05, 0) is 0 Å². The number of carbonyl (C=O) groups excluding carboxylic acids is 1. The lowest BCUT2D eigenvalue weighted by Crippen LogP contribution is -2.44. The molecule has 0 aromatic carbocycles. The lowest BCUT2D eigenvalue weighted by Gasteiger charge is -2.26. The van der Waals surface area contributed by atoms with E-state index in [0.29, 0.717) is 5.78 Å². The standard InChI is InChI=1S/C10H20N2O/c1-9(2)10(13)3-6-12-7-4-11-5-8-12/h9,11H,3-8H2,1-2H3. The minimum atomic E-state index is 0.197. The lowest BCUT2D eigenvalue weighted by molar-refractivity contribution is -0.122. The number of nitrogens with zero attached hydrogens (tertiary/aromatic N) is 1. The zero-order valence-corrected chi connectivity index (χ0v) is 8.68. The van der Waals surface area contributed by atoms with Gasteiger partial charge in [0.15, 0.2) is 0 Å². The van der Waals surface area contributed by atoms with Crippen LogP contribution in [0.25, 0.3) is 0 Å². The fourth-order valence-electron chi connectivity index (χ4n) is 1.49. The van der Waals surface area contributed by atoms with Crippen LogP contribution in [0.1, 0.15) is 20.3 Å². The van der Waals surface area contributed by atoms with Crippen molar-refractivity contribution in [3.8, 4) is 0 Å². The van der Waals surface area contributed by atoms with Crippen molar-refractivity contribution in [1.29, 1.82) is 0 Å². The van der Waals surface area contributed by atoms with Gasteiger partial charge in [0.1, 0.15) is 5.78 Å². The number of hydrogen-bond donors (Lipinski definition) is 1. The molecule has 0 aromatic rings. The number of nitrogens with one attached hydrogen (secondary N) is 1. The Morgan fingerprint density at radius 2 is 2.00 bits per heavy atom. The molecule has 0 saturated carbocycles. The van der Waals surface area contributed by atoms with Gasteiger partial charge < -0.3 is 10.2 Å². The predicted molar refractivity (Wildman–Crippen MR) is 53.8 cm³/mol. The van der Waals surface area contributed by atoms with E-state index in [1.54, 1.807) is 0 Å². The predicted octanol–water partition coefficient (Wildman–Crippen LogP) is 0.507. The number of rotatable bonds is 4. The number of carbonyl (C=O) groups is 1. The molecule has 0 spiro atoms. The Kier molecular flexibility index (Phi) is 4.39. The van der Waals surface area contributed by atoms with Gasteiger partial charge in [-0.3, -0.25) is 4.79 Å². The van der Waals surface area contributed by atoms with Gasteiger partial charge in [-0.1, -0.05) is 13.8 Å². The molecule has 0 aromatic heterocycles. The van der Waals surface area contributed by atoms with Crippen LogP contribution in [0.2, 0.25) is 0 Å². The third-order valence-corrected chi connectivity index (χ3v) is 2.53. The van der Waals surface area contributed by atoms with Crippen LogP contribution in [0.4, 0.5) is 0 Å². The van der Waals surface area contributed by atoms with Gasteiger partial charge in [-0.25, -0.2) is 0 Å². The van der Waals surface area contributed by atoms with Gasteiger partial charge in [0, 0.05) is 45.1 Å². The van der Waals surface area contributed by atoms with Crippen molar-refractivity contribution in [2.45, 2.75) is 20.3 Å².